The van der Waals surface area contributed by atoms with E-state index in [0.717, 1.165) is 6.42 Å². The van der Waals surface area contributed by atoms with Crippen LogP contribution in [0.3, 0.4) is 0 Å². The van der Waals surface area contributed by atoms with Crippen LogP contribution in [0, 0.1) is 5.92 Å². The van der Waals surface area contributed by atoms with Crippen molar-refractivity contribution in [2.45, 2.75) is 52.2 Å². The molecule has 108 valence electrons. The van der Waals surface area contributed by atoms with Crippen LogP contribution in [0.25, 0.3) is 0 Å². The number of carbonyl (C=O) groups excluding carboxylic acids is 2. The maximum Gasteiger partial charge on any atom is 0.408 e. The van der Waals surface area contributed by atoms with Crippen LogP contribution in [0.2, 0.25) is 0 Å². The summed E-state index contributed by atoms with van der Waals surface area (Å²) in [6.07, 6.45) is 2.97. The van der Waals surface area contributed by atoms with Crippen LogP contribution >= 0.6 is 0 Å². The van der Waals surface area contributed by atoms with Crippen molar-refractivity contribution in [3.8, 4) is 0 Å². The SMILES string of the molecule is COC(=O)C1=C[C@@H](C)CC[C@H]1NC(=O)OC(C)(C)C. The van der Waals surface area contributed by atoms with Crippen LogP contribution < -0.4 is 5.32 Å². The molecule has 0 unspecified atom stereocenters. The molecule has 1 aliphatic rings. The Morgan fingerprint density at radius 1 is 1.32 bits per heavy atom. The van der Waals surface area contributed by atoms with Gasteiger partial charge in [-0.1, -0.05) is 13.0 Å². The lowest BCUT2D eigenvalue weighted by molar-refractivity contribution is -0.136. The van der Waals surface area contributed by atoms with E-state index in [0.29, 0.717) is 17.9 Å². The molecule has 5 nitrogen and oxygen atoms in total. The second-order valence-corrected chi connectivity index (χ2v) is 5.87. The number of amides is 1. The van der Waals surface area contributed by atoms with Crippen LogP contribution in [0.1, 0.15) is 40.5 Å². The van der Waals surface area contributed by atoms with Gasteiger partial charge in [0.2, 0.25) is 0 Å². The van der Waals surface area contributed by atoms with Crippen molar-refractivity contribution < 1.29 is 19.1 Å². The average Bonchev–Trinajstić information content (AvgIpc) is 2.28. The molecule has 1 N–H and O–H groups in total. The van der Waals surface area contributed by atoms with Crippen LogP contribution in [0.4, 0.5) is 4.79 Å². The number of nitrogens with one attached hydrogen (secondary N) is 1. The number of hydrogen-bond acceptors (Lipinski definition) is 4. The summed E-state index contributed by atoms with van der Waals surface area (Å²) in [6.45, 7) is 7.43. The average molecular weight is 269 g/mol. The molecular formula is C14H23NO4. The lowest BCUT2D eigenvalue weighted by Crippen LogP contribution is -2.43. The van der Waals surface area contributed by atoms with E-state index >= 15 is 0 Å². The van der Waals surface area contributed by atoms with Crippen LogP contribution in [0.15, 0.2) is 11.6 Å². The highest BCUT2D eigenvalue weighted by molar-refractivity contribution is 5.90. The van der Waals surface area contributed by atoms with Gasteiger partial charge in [-0.3, -0.25) is 0 Å². The molecule has 0 bridgehead atoms. The normalized spacial score (nSPS) is 23.3. The van der Waals surface area contributed by atoms with E-state index in [-0.39, 0.29) is 6.04 Å². The summed E-state index contributed by atoms with van der Waals surface area (Å²) in [5.74, 6) is -0.0848. The third kappa shape index (κ3) is 4.93. The van der Waals surface area contributed by atoms with Crippen molar-refractivity contribution in [1.29, 1.82) is 0 Å². The lowest BCUT2D eigenvalue weighted by atomic mass is 9.88. The van der Waals surface area contributed by atoms with Crippen LogP contribution in [0.5, 0.6) is 0 Å². The summed E-state index contributed by atoms with van der Waals surface area (Å²) in [5, 5.41) is 2.73. The van der Waals surface area contributed by atoms with Gasteiger partial charge >= 0.3 is 12.1 Å². The molecule has 19 heavy (non-hydrogen) atoms. The minimum absolute atomic E-state index is 0.311. The lowest BCUT2D eigenvalue weighted by Gasteiger charge is -2.28. The Morgan fingerprint density at radius 2 is 1.95 bits per heavy atom. The van der Waals surface area contributed by atoms with Gasteiger partial charge in [0.15, 0.2) is 0 Å². The zero-order valence-electron chi connectivity index (χ0n) is 12.3. The molecule has 0 aromatic heterocycles. The minimum Gasteiger partial charge on any atom is -0.466 e. The number of ether oxygens (including phenoxy) is 2. The third-order valence-corrected chi connectivity index (χ3v) is 2.86. The number of carbonyl (C=O) groups is 2. The molecule has 0 aromatic rings. The second-order valence-electron chi connectivity index (χ2n) is 5.87. The van der Waals surface area contributed by atoms with Gasteiger partial charge in [-0.15, -0.1) is 0 Å². The first-order valence-corrected chi connectivity index (χ1v) is 6.52. The van der Waals surface area contributed by atoms with Gasteiger partial charge in [0, 0.05) is 0 Å². The smallest absolute Gasteiger partial charge is 0.408 e. The van der Waals surface area contributed by atoms with E-state index in [1.165, 1.54) is 7.11 Å². The molecule has 5 heteroatoms. The third-order valence-electron chi connectivity index (χ3n) is 2.86. The predicted molar refractivity (Wildman–Crippen MR) is 71.7 cm³/mol. The fourth-order valence-corrected chi connectivity index (χ4v) is 2.02. The topological polar surface area (TPSA) is 64.6 Å². The zero-order chi connectivity index (χ0) is 14.6. The summed E-state index contributed by atoms with van der Waals surface area (Å²) >= 11 is 0. The maximum atomic E-state index is 11.8. The van der Waals surface area contributed by atoms with Gasteiger partial charge in [0.25, 0.3) is 0 Å². The quantitative estimate of drug-likeness (QED) is 0.782. The van der Waals surface area contributed by atoms with Gasteiger partial charge in [0.1, 0.15) is 5.60 Å². The fraction of sp³-hybridized carbons (Fsp3) is 0.714. The molecule has 1 amide bonds. The highest BCUT2D eigenvalue weighted by atomic mass is 16.6. The highest BCUT2D eigenvalue weighted by Gasteiger charge is 2.29. The maximum absolute atomic E-state index is 11.8. The largest absolute Gasteiger partial charge is 0.466 e. The Hall–Kier alpha value is -1.52. The number of rotatable bonds is 2. The molecule has 0 fully saturated rings. The molecule has 1 aliphatic carbocycles. The molecule has 0 saturated heterocycles. The van der Waals surface area contributed by atoms with Gasteiger partial charge in [0.05, 0.1) is 18.7 Å². The Morgan fingerprint density at radius 3 is 2.47 bits per heavy atom. The number of hydrogen-bond donors (Lipinski definition) is 1. The Kier molecular flexibility index (Phi) is 4.97. The second kappa shape index (κ2) is 6.08. The van der Waals surface area contributed by atoms with E-state index in [1.54, 1.807) is 20.8 Å². The first kappa shape index (κ1) is 15.5. The number of methoxy groups -OCH3 is 1. The monoisotopic (exact) mass is 269 g/mol. The standard InChI is InChI=1S/C14H23NO4/c1-9-6-7-11(10(8-9)12(16)18-5)15-13(17)19-14(2,3)4/h8-9,11H,6-7H2,1-5H3,(H,15,17)/t9-,11+/m0/s1. The summed E-state index contributed by atoms with van der Waals surface area (Å²) < 4.78 is 9.95. The molecule has 0 aliphatic heterocycles. The molecule has 0 heterocycles. The molecule has 0 aromatic carbocycles. The predicted octanol–water partition coefficient (Wildman–Crippen LogP) is 2.41. The molecular weight excluding hydrogens is 246 g/mol. The van der Waals surface area contributed by atoms with E-state index in [9.17, 15) is 9.59 Å². The van der Waals surface area contributed by atoms with E-state index < -0.39 is 17.7 Å². The molecule has 0 spiro atoms. The van der Waals surface area contributed by atoms with Crippen LogP contribution in [-0.2, 0) is 14.3 Å². The van der Waals surface area contributed by atoms with Crippen LogP contribution in [-0.4, -0.2) is 30.8 Å². The first-order chi connectivity index (χ1) is 8.73. The summed E-state index contributed by atoms with van der Waals surface area (Å²) in [7, 11) is 1.34. The molecule has 2 atom stereocenters. The summed E-state index contributed by atoms with van der Waals surface area (Å²) in [4.78, 5) is 23.5. The van der Waals surface area contributed by atoms with Gasteiger partial charge in [-0.25, -0.2) is 9.59 Å². The first-order valence-electron chi connectivity index (χ1n) is 6.52. The highest BCUT2D eigenvalue weighted by Crippen LogP contribution is 2.24. The molecule has 0 saturated carbocycles. The fourth-order valence-electron chi connectivity index (χ4n) is 2.02. The van der Waals surface area contributed by atoms with Crippen molar-refractivity contribution in [2.75, 3.05) is 7.11 Å². The molecule has 1 rings (SSSR count). The van der Waals surface area contributed by atoms with Gasteiger partial charge in [-0.05, 0) is 39.5 Å². The van der Waals surface area contributed by atoms with Crippen molar-refractivity contribution in [1.82, 2.24) is 5.32 Å². The summed E-state index contributed by atoms with van der Waals surface area (Å²) in [6, 6.07) is -0.335. The minimum atomic E-state index is -0.554. The zero-order valence-corrected chi connectivity index (χ0v) is 12.3. The Labute approximate surface area is 114 Å². The van der Waals surface area contributed by atoms with E-state index in [2.05, 4.69) is 5.32 Å². The van der Waals surface area contributed by atoms with Gasteiger partial charge < -0.3 is 14.8 Å². The van der Waals surface area contributed by atoms with Gasteiger partial charge in [-0.2, -0.15) is 0 Å². The number of alkyl carbamates (subject to hydrolysis) is 1. The summed E-state index contributed by atoms with van der Waals surface area (Å²) in [5.41, 5.74) is -0.0478. The Bertz CT molecular complexity index is 381. The van der Waals surface area contributed by atoms with Crippen molar-refractivity contribution >= 4 is 12.1 Å². The van der Waals surface area contributed by atoms with E-state index in [1.807, 2.05) is 13.0 Å². The Balaban J connectivity index is 2.73. The molecule has 0 radical (unpaired) electrons. The van der Waals surface area contributed by atoms with Crippen molar-refractivity contribution in [3.63, 3.8) is 0 Å². The number of allylic oxidation sites excluding steroid dienone is 1. The van der Waals surface area contributed by atoms with Crippen molar-refractivity contribution in [2.24, 2.45) is 5.92 Å². The van der Waals surface area contributed by atoms with E-state index in [4.69, 9.17) is 9.47 Å². The van der Waals surface area contributed by atoms with Crippen molar-refractivity contribution in [3.05, 3.63) is 11.6 Å². The number of esters is 1.